The van der Waals surface area contributed by atoms with Gasteiger partial charge in [0.15, 0.2) is 0 Å². The van der Waals surface area contributed by atoms with Crippen LogP contribution in [0, 0.1) is 11.6 Å². The molecule has 0 saturated carbocycles. The fraction of sp³-hybridized carbons (Fsp3) is 0.158. The standard InChI is InChI=1S/C19H15F2NO4S/c1-26-12-4-2-3-10(5-12)11-6-15(20)17(16(21)7-11)22-18(23)13-8-27-9-14(13)19(24)25/h2-7H,8-9H2,1H3,(H,22,23)(H,24,25). The maximum atomic E-state index is 14.5. The summed E-state index contributed by atoms with van der Waals surface area (Å²) >= 11 is 1.25. The summed E-state index contributed by atoms with van der Waals surface area (Å²) in [5.41, 5.74) is 0.187. The number of methoxy groups -OCH3 is 1. The molecule has 0 bridgehead atoms. The zero-order valence-electron chi connectivity index (χ0n) is 14.2. The normalized spacial score (nSPS) is 13.6. The summed E-state index contributed by atoms with van der Waals surface area (Å²) in [7, 11) is 1.49. The topological polar surface area (TPSA) is 75.6 Å². The van der Waals surface area contributed by atoms with Crippen LogP contribution in [0.1, 0.15) is 0 Å². The van der Waals surface area contributed by atoms with Gasteiger partial charge in [0, 0.05) is 17.1 Å². The smallest absolute Gasteiger partial charge is 0.332 e. The van der Waals surface area contributed by atoms with Crippen molar-refractivity contribution in [3.05, 3.63) is 59.2 Å². The number of carbonyl (C=O) groups is 2. The minimum absolute atomic E-state index is 0.0168. The van der Waals surface area contributed by atoms with Crippen LogP contribution >= 0.6 is 11.8 Å². The molecule has 0 spiro atoms. The molecule has 2 aromatic carbocycles. The summed E-state index contributed by atoms with van der Waals surface area (Å²) in [6.07, 6.45) is 0. The van der Waals surface area contributed by atoms with Gasteiger partial charge >= 0.3 is 5.97 Å². The lowest BCUT2D eigenvalue weighted by Gasteiger charge is -2.11. The fourth-order valence-electron chi connectivity index (χ4n) is 2.67. The number of aliphatic carboxylic acids is 1. The molecular formula is C19H15F2NO4S. The van der Waals surface area contributed by atoms with E-state index in [-0.39, 0.29) is 28.2 Å². The van der Waals surface area contributed by atoms with Gasteiger partial charge in [-0.05, 0) is 35.4 Å². The van der Waals surface area contributed by atoms with Gasteiger partial charge in [0.05, 0.1) is 12.7 Å². The van der Waals surface area contributed by atoms with Crippen molar-refractivity contribution in [2.24, 2.45) is 0 Å². The molecule has 8 heteroatoms. The molecule has 1 heterocycles. The van der Waals surface area contributed by atoms with Gasteiger partial charge in [-0.15, -0.1) is 0 Å². The van der Waals surface area contributed by atoms with Crippen molar-refractivity contribution in [3.63, 3.8) is 0 Å². The third-order valence-corrected chi connectivity index (χ3v) is 5.06. The van der Waals surface area contributed by atoms with Crippen molar-refractivity contribution >= 4 is 29.3 Å². The van der Waals surface area contributed by atoms with Crippen molar-refractivity contribution in [1.29, 1.82) is 0 Å². The van der Waals surface area contributed by atoms with E-state index in [0.29, 0.717) is 11.3 Å². The van der Waals surface area contributed by atoms with Crippen LogP contribution in [0.25, 0.3) is 11.1 Å². The first-order chi connectivity index (χ1) is 12.9. The Bertz CT molecular complexity index is 935. The number of ether oxygens (including phenoxy) is 1. The third kappa shape index (κ3) is 3.95. The molecule has 27 heavy (non-hydrogen) atoms. The predicted octanol–water partition coefficient (Wildman–Crippen LogP) is 3.71. The van der Waals surface area contributed by atoms with E-state index in [1.165, 1.54) is 18.9 Å². The molecule has 1 aliphatic rings. The largest absolute Gasteiger partial charge is 0.497 e. The average Bonchev–Trinajstić information content (AvgIpc) is 3.14. The monoisotopic (exact) mass is 391 g/mol. The molecular weight excluding hydrogens is 376 g/mol. The lowest BCUT2D eigenvalue weighted by atomic mass is 10.0. The van der Waals surface area contributed by atoms with Crippen LogP contribution in [0.5, 0.6) is 5.75 Å². The Morgan fingerprint density at radius 1 is 1.07 bits per heavy atom. The van der Waals surface area contributed by atoms with Crippen molar-refractivity contribution in [2.75, 3.05) is 23.9 Å². The molecule has 0 saturated heterocycles. The van der Waals surface area contributed by atoms with Gasteiger partial charge in [-0.25, -0.2) is 13.6 Å². The fourth-order valence-corrected chi connectivity index (χ4v) is 3.79. The highest BCUT2D eigenvalue weighted by Gasteiger charge is 2.27. The van der Waals surface area contributed by atoms with Crippen molar-refractivity contribution in [3.8, 4) is 16.9 Å². The van der Waals surface area contributed by atoms with Gasteiger partial charge in [0.1, 0.15) is 23.1 Å². The average molecular weight is 391 g/mol. The van der Waals surface area contributed by atoms with Gasteiger partial charge in [-0.3, -0.25) is 4.79 Å². The first kappa shape index (κ1) is 18.9. The maximum Gasteiger partial charge on any atom is 0.332 e. The van der Waals surface area contributed by atoms with Crippen LogP contribution in [0.15, 0.2) is 47.5 Å². The molecule has 1 aliphatic heterocycles. The minimum Gasteiger partial charge on any atom is -0.497 e. The number of halogens is 2. The molecule has 0 unspecified atom stereocenters. The van der Waals surface area contributed by atoms with Crippen LogP contribution in [0.3, 0.4) is 0 Å². The van der Waals surface area contributed by atoms with Gasteiger partial charge in [-0.2, -0.15) is 11.8 Å². The number of thioether (sulfide) groups is 1. The van der Waals surface area contributed by atoms with E-state index in [1.54, 1.807) is 24.3 Å². The summed E-state index contributed by atoms with van der Waals surface area (Å²) < 4.78 is 34.0. The predicted molar refractivity (Wildman–Crippen MR) is 99.0 cm³/mol. The molecule has 2 aromatic rings. The molecule has 140 valence electrons. The highest BCUT2D eigenvalue weighted by atomic mass is 32.2. The summed E-state index contributed by atoms with van der Waals surface area (Å²) in [6, 6.07) is 8.91. The van der Waals surface area contributed by atoms with Gasteiger partial charge < -0.3 is 15.2 Å². The Morgan fingerprint density at radius 3 is 2.37 bits per heavy atom. The number of carboxylic acid groups (broad SMARTS) is 1. The van der Waals surface area contributed by atoms with Crippen LogP contribution in [-0.4, -0.2) is 35.6 Å². The van der Waals surface area contributed by atoms with Crippen molar-refractivity contribution in [2.45, 2.75) is 0 Å². The maximum absolute atomic E-state index is 14.5. The number of anilines is 1. The zero-order valence-corrected chi connectivity index (χ0v) is 15.0. The SMILES string of the molecule is COc1cccc(-c2cc(F)c(NC(=O)C3=C(C(=O)O)CSC3)c(F)c2)c1. The van der Waals surface area contributed by atoms with E-state index in [9.17, 15) is 18.4 Å². The van der Waals surface area contributed by atoms with Gasteiger partial charge in [0.2, 0.25) is 0 Å². The molecule has 0 aromatic heterocycles. The Labute approximate surface area is 158 Å². The number of benzene rings is 2. The molecule has 3 rings (SSSR count). The van der Waals surface area contributed by atoms with Crippen LogP contribution in [0.2, 0.25) is 0 Å². The quantitative estimate of drug-likeness (QED) is 0.813. The molecule has 0 fully saturated rings. The molecule has 0 radical (unpaired) electrons. The van der Waals surface area contributed by atoms with Crippen LogP contribution < -0.4 is 10.1 Å². The molecule has 2 N–H and O–H groups in total. The lowest BCUT2D eigenvalue weighted by Crippen LogP contribution is -2.19. The lowest BCUT2D eigenvalue weighted by molar-refractivity contribution is -0.132. The number of hydrogen-bond acceptors (Lipinski definition) is 4. The van der Waals surface area contributed by atoms with E-state index in [4.69, 9.17) is 9.84 Å². The highest BCUT2D eigenvalue weighted by molar-refractivity contribution is 8.00. The first-order valence-corrected chi connectivity index (χ1v) is 9.04. The molecule has 1 amide bonds. The first-order valence-electron chi connectivity index (χ1n) is 7.88. The Kier molecular flexibility index (Phi) is 5.46. The second kappa shape index (κ2) is 7.79. The van der Waals surface area contributed by atoms with Crippen molar-refractivity contribution in [1.82, 2.24) is 0 Å². The van der Waals surface area contributed by atoms with E-state index in [1.807, 2.05) is 0 Å². The number of rotatable bonds is 5. The van der Waals surface area contributed by atoms with Gasteiger partial charge in [0.25, 0.3) is 5.91 Å². The summed E-state index contributed by atoms with van der Waals surface area (Å²) in [4.78, 5) is 23.4. The Balaban J connectivity index is 1.90. The van der Waals surface area contributed by atoms with E-state index in [0.717, 1.165) is 12.1 Å². The second-order valence-corrected chi connectivity index (χ2v) is 6.74. The molecule has 0 atom stereocenters. The number of carbonyl (C=O) groups excluding carboxylic acids is 1. The van der Waals surface area contributed by atoms with E-state index >= 15 is 0 Å². The van der Waals surface area contributed by atoms with E-state index in [2.05, 4.69) is 5.32 Å². The van der Waals surface area contributed by atoms with Crippen molar-refractivity contribution < 1.29 is 28.2 Å². The number of amides is 1. The third-order valence-electron chi connectivity index (χ3n) is 4.07. The summed E-state index contributed by atoms with van der Waals surface area (Å²) in [6.45, 7) is 0. The Morgan fingerprint density at radius 2 is 1.74 bits per heavy atom. The highest BCUT2D eigenvalue weighted by Crippen LogP contribution is 2.31. The summed E-state index contributed by atoms with van der Waals surface area (Å²) in [5.74, 6) is -3.04. The number of nitrogens with one attached hydrogen (secondary N) is 1. The number of carboxylic acids is 1. The molecule has 5 nitrogen and oxygen atoms in total. The summed E-state index contributed by atoms with van der Waals surface area (Å²) in [5, 5.41) is 11.3. The van der Waals surface area contributed by atoms with E-state index < -0.39 is 29.2 Å². The van der Waals surface area contributed by atoms with Gasteiger partial charge in [-0.1, -0.05) is 12.1 Å². The molecule has 0 aliphatic carbocycles. The minimum atomic E-state index is -1.21. The van der Waals surface area contributed by atoms with Crippen LogP contribution in [0.4, 0.5) is 14.5 Å². The number of hydrogen-bond donors (Lipinski definition) is 2. The van der Waals surface area contributed by atoms with Crippen LogP contribution in [-0.2, 0) is 9.59 Å². The zero-order chi connectivity index (χ0) is 19.6. The second-order valence-electron chi connectivity index (χ2n) is 5.76. The Hall–Kier alpha value is -2.87.